The maximum Gasteiger partial charge on any atom is 0.182 e. The van der Waals surface area contributed by atoms with E-state index < -0.39 is 0 Å². The monoisotopic (exact) mass is 227 g/mol. The second-order valence-electron chi connectivity index (χ2n) is 4.09. The average Bonchev–Trinajstić information content (AvgIpc) is 2.68. The number of fused-ring (bicyclic) bond motifs is 3. The first kappa shape index (κ1) is 10.0. The Morgan fingerprint density at radius 3 is 2.53 bits per heavy atom. The second kappa shape index (κ2) is 3.42. The zero-order valence-corrected chi connectivity index (χ0v) is 9.51. The van der Waals surface area contributed by atoms with E-state index in [1.54, 1.807) is 0 Å². The van der Waals surface area contributed by atoms with Gasteiger partial charge in [-0.2, -0.15) is 0 Å². The third-order valence-corrected chi connectivity index (χ3v) is 3.20. The van der Waals surface area contributed by atoms with Crippen molar-refractivity contribution >= 4 is 21.8 Å². The molecule has 86 valence electrons. The Morgan fingerprint density at radius 1 is 1.00 bits per heavy atom. The molecule has 17 heavy (non-hydrogen) atoms. The van der Waals surface area contributed by atoms with Crippen molar-refractivity contribution in [3.8, 4) is 11.5 Å². The summed E-state index contributed by atoms with van der Waals surface area (Å²) < 4.78 is 2.01. The lowest BCUT2D eigenvalue weighted by Gasteiger charge is -2.05. The van der Waals surface area contributed by atoms with Crippen molar-refractivity contribution in [2.75, 3.05) is 0 Å². The van der Waals surface area contributed by atoms with Crippen molar-refractivity contribution < 1.29 is 10.2 Å². The molecule has 0 aliphatic heterocycles. The molecule has 1 heterocycles. The third kappa shape index (κ3) is 1.22. The van der Waals surface area contributed by atoms with Crippen LogP contribution in [0.2, 0.25) is 0 Å². The summed E-state index contributed by atoms with van der Waals surface area (Å²) in [5, 5.41) is 21.7. The highest BCUT2D eigenvalue weighted by Gasteiger charge is 2.14. The fourth-order valence-electron chi connectivity index (χ4n) is 2.45. The topological polar surface area (TPSA) is 45.4 Å². The first-order chi connectivity index (χ1) is 8.24. The molecule has 0 bridgehead atoms. The Balaban J connectivity index is 2.63. The molecule has 3 aromatic rings. The number of hydrogen-bond acceptors (Lipinski definition) is 2. The van der Waals surface area contributed by atoms with Gasteiger partial charge in [-0.15, -0.1) is 0 Å². The summed E-state index contributed by atoms with van der Waals surface area (Å²) in [7, 11) is 0. The lowest BCUT2D eigenvalue weighted by molar-refractivity contribution is 0.406. The predicted octanol–water partition coefficient (Wildman–Crippen LogP) is 3.23. The number of benzene rings is 2. The summed E-state index contributed by atoms with van der Waals surface area (Å²) in [6.07, 6.45) is 0. The molecule has 0 saturated heterocycles. The number of nitrogens with zero attached hydrogens (tertiary/aromatic N) is 1. The van der Waals surface area contributed by atoms with E-state index in [1.807, 2.05) is 41.8 Å². The largest absolute Gasteiger partial charge is 0.504 e. The zero-order chi connectivity index (χ0) is 12.0. The Hall–Kier alpha value is -2.16. The van der Waals surface area contributed by atoms with Gasteiger partial charge in [-0.3, -0.25) is 0 Å². The number of phenolic OH excluding ortho intramolecular Hbond substituents is 2. The molecule has 0 aliphatic rings. The van der Waals surface area contributed by atoms with E-state index >= 15 is 0 Å². The molecule has 3 heteroatoms. The molecular weight excluding hydrogens is 214 g/mol. The summed E-state index contributed by atoms with van der Waals surface area (Å²) in [6, 6.07) is 11.4. The molecule has 2 aromatic carbocycles. The molecule has 0 amide bonds. The van der Waals surface area contributed by atoms with Crippen LogP contribution in [-0.4, -0.2) is 14.8 Å². The molecule has 0 aliphatic carbocycles. The minimum Gasteiger partial charge on any atom is -0.504 e. The summed E-state index contributed by atoms with van der Waals surface area (Å²) in [4.78, 5) is 0. The minimum absolute atomic E-state index is 0.0412. The van der Waals surface area contributed by atoms with E-state index in [2.05, 4.69) is 0 Å². The summed E-state index contributed by atoms with van der Waals surface area (Å²) in [5.41, 5.74) is 1.78. The van der Waals surface area contributed by atoms with Gasteiger partial charge in [0.05, 0.1) is 5.52 Å². The molecule has 0 saturated carbocycles. The highest BCUT2D eigenvalue weighted by atomic mass is 16.3. The van der Waals surface area contributed by atoms with Gasteiger partial charge in [-0.25, -0.2) is 0 Å². The maximum atomic E-state index is 10.0. The van der Waals surface area contributed by atoms with Crippen molar-refractivity contribution in [2.45, 2.75) is 13.5 Å². The summed E-state index contributed by atoms with van der Waals surface area (Å²) in [6.45, 7) is 2.77. The molecule has 0 atom stereocenters. The Labute approximate surface area is 98.5 Å². The van der Waals surface area contributed by atoms with Gasteiger partial charge in [0, 0.05) is 22.8 Å². The number of aromatic hydroxyl groups is 2. The van der Waals surface area contributed by atoms with Crippen molar-refractivity contribution in [3.05, 3.63) is 36.4 Å². The normalized spacial score (nSPS) is 11.4. The van der Waals surface area contributed by atoms with Gasteiger partial charge in [0.1, 0.15) is 0 Å². The van der Waals surface area contributed by atoms with Crippen LogP contribution in [0.5, 0.6) is 11.5 Å². The van der Waals surface area contributed by atoms with E-state index in [-0.39, 0.29) is 11.5 Å². The minimum atomic E-state index is -0.0741. The molecule has 0 unspecified atom stereocenters. The van der Waals surface area contributed by atoms with Crippen LogP contribution in [-0.2, 0) is 6.54 Å². The first-order valence-corrected chi connectivity index (χ1v) is 5.66. The van der Waals surface area contributed by atoms with Crippen LogP contribution in [0.15, 0.2) is 36.4 Å². The highest BCUT2D eigenvalue weighted by molar-refractivity contribution is 6.10. The quantitative estimate of drug-likeness (QED) is 0.627. The molecular formula is C14H13NO2. The lowest BCUT2D eigenvalue weighted by atomic mass is 10.1. The fourth-order valence-corrected chi connectivity index (χ4v) is 2.45. The van der Waals surface area contributed by atoms with Gasteiger partial charge < -0.3 is 14.8 Å². The molecule has 3 nitrogen and oxygen atoms in total. The smallest absolute Gasteiger partial charge is 0.182 e. The van der Waals surface area contributed by atoms with Crippen molar-refractivity contribution in [3.63, 3.8) is 0 Å². The number of phenols is 2. The highest BCUT2D eigenvalue weighted by Crippen LogP contribution is 2.39. The zero-order valence-electron chi connectivity index (χ0n) is 9.51. The Morgan fingerprint density at radius 2 is 1.76 bits per heavy atom. The average molecular weight is 227 g/mol. The van der Waals surface area contributed by atoms with Crippen molar-refractivity contribution in [1.82, 2.24) is 4.57 Å². The maximum absolute atomic E-state index is 10.0. The number of rotatable bonds is 1. The van der Waals surface area contributed by atoms with Gasteiger partial charge in [0.25, 0.3) is 0 Å². The standard InChI is InChI=1S/C14H13NO2/c1-2-15-11-6-4-3-5-9(11)10-7-8-12(16)14(17)13(10)15/h3-8,16-17H,2H2,1H3. The summed E-state index contributed by atoms with van der Waals surface area (Å²) >= 11 is 0. The predicted molar refractivity (Wildman–Crippen MR) is 68.4 cm³/mol. The van der Waals surface area contributed by atoms with Crippen molar-refractivity contribution in [1.29, 1.82) is 0 Å². The SMILES string of the molecule is CCn1c2ccccc2c2ccc(O)c(O)c21. The Bertz CT molecular complexity index is 713. The fraction of sp³-hybridized carbons (Fsp3) is 0.143. The van der Waals surface area contributed by atoms with Crippen LogP contribution in [0, 0.1) is 0 Å². The summed E-state index contributed by atoms with van der Waals surface area (Å²) in [5.74, 6) is -0.115. The molecule has 3 rings (SSSR count). The lowest BCUT2D eigenvalue weighted by Crippen LogP contribution is -1.93. The number of aromatic nitrogens is 1. The third-order valence-electron chi connectivity index (χ3n) is 3.20. The van der Waals surface area contributed by atoms with E-state index in [0.717, 1.165) is 22.8 Å². The van der Waals surface area contributed by atoms with E-state index in [0.29, 0.717) is 5.52 Å². The van der Waals surface area contributed by atoms with Crippen LogP contribution in [0.3, 0.4) is 0 Å². The van der Waals surface area contributed by atoms with Crippen LogP contribution in [0.1, 0.15) is 6.92 Å². The molecule has 0 radical (unpaired) electrons. The van der Waals surface area contributed by atoms with E-state index in [9.17, 15) is 10.2 Å². The molecule has 2 N–H and O–H groups in total. The number of para-hydroxylation sites is 1. The van der Waals surface area contributed by atoms with Gasteiger partial charge in [-0.1, -0.05) is 18.2 Å². The van der Waals surface area contributed by atoms with Crippen LogP contribution < -0.4 is 0 Å². The van der Waals surface area contributed by atoms with Gasteiger partial charge in [0.2, 0.25) is 0 Å². The number of hydrogen-bond donors (Lipinski definition) is 2. The molecule has 1 aromatic heterocycles. The number of aryl methyl sites for hydroxylation is 1. The first-order valence-electron chi connectivity index (χ1n) is 5.66. The van der Waals surface area contributed by atoms with E-state index in [1.165, 1.54) is 6.07 Å². The van der Waals surface area contributed by atoms with Gasteiger partial charge in [-0.05, 0) is 25.1 Å². The van der Waals surface area contributed by atoms with Crippen LogP contribution in [0.4, 0.5) is 0 Å². The molecule has 0 spiro atoms. The van der Waals surface area contributed by atoms with Crippen LogP contribution in [0.25, 0.3) is 21.8 Å². The van der Waals surface area contributed by atoms with Gasteiger partial charge in [0.15, 0.2) is 11.5 Å². The van der Waals surface area contributed by atoms with Crippen LogP contribution >= 0.6 is 0 Å². The van der Waals surface area contributed by atoms with Gasteiger partial charge >= 0.3 is 0 Å². The molecule has 0 fully saturated rings. The second-order valence-corrected chi connectivity index (χ2v) is 4.09. The Kier molecular flexibility index (Phi) is 2.01. The van der Waals surface area contributed by atoms with Crippen molar-refractivity contribution in [2.24, 2.45) is 0 Å². The van der Waals surface area contributed by atoms with E-state index in [4.69, 9.17) is 0 Å².